The quantitative estimate of drug-likeness (QED) is 0.806. The van der Waals surface area contributed by atoms with Gasteiger partial charge in [-0.3, -0.25) is 4.98 Å². The van der Waals surface area contributed by atoms with Gasteiger partial charge in [0, 0.05) is 25.0 Å². The molecule has 0 spiro atoms. The van der Waals surface area contributed by atoms with Gasteiger partial charge >= 0.3 is 6.01 Å². The van der Waals surface area contributed by atoms with Crippen LogP contribution in [0.2, 0.25) is 0 Å². The van der Waals surface area contributed by atoms with E-state index in [4.69, 9.17) is 4.74 Å². The summed E-state index contributed by atoms with van der Waals surface area (Å²) in [7, 11) is 0. The average molecular weight is 288 g/mol. The summed E-state index contributed by atoms with van der Waals surface area (Å²) < 4.78 is 5.35. The van der Waals surface area contributed by atoms with Crippen LogP contribution < -0.4 is 15.4 Å². The fourth-order valence-corrected chi connectivity index (χ4v) is 1.65. The number of aryl methyl sites for hydroxylation is 1. The molecule has 2 rings (SSSR count). The van der Waals surface area contributed by atoms with Gasteiger partial charge in [0.05, 0.1) is 6.61 Å². The van der Waals surface area contributed by atoms with Crippen molar-refractivity contribution in [3.8, 4) is 6.01 Å². The Hall–Kier alpha value is -2.44. The second-order valence-electron chi connectivity index (χ2n) is 4.39. The van der Waals surface area contributed by atoms with Crippen molar-refractivity contribution in [2.24, 2.45) is 0 Å². The number of nitrogens with zero attached hydrogens (tertiary/aromatic N) is 4. The van der Waals surface area contributed by atoms with Crippen LogP contribution in [0.15, 0.2) is 18.3 Å². The first kappa shape index (κ1) is 15.0. The molecule has 0 radical (unpaired) electrons. The first-order valence-electron chi connectivity index (χ1n) is 6.99. The van der Waals surface area contributed by atoms with Crippen LogP contribution in [0.3, 0.4) is 0 Å². The van der Waals surface area contributed by atoms with Gasteiger partial charge in [-0.1, -0.05) is 6.07 Å². The molecule has 0 aliphatic rings. The van der Waals surface area contributed by atoms with E-state index in [9.17, 15) is 0 Å². The highest BCUT2D eigenvalue weighted by Crippen LogP contribution is 2.12. The van der Waals surface area contributed by atoms with Crippen molar-refractivity contribution < 1.29 is 4.74 Å². The van der Waals surface area contributed by atoms with Gasteiger partial charge < -0.3 is 15.4 Å². The van der Waals surface area contributed by atoms with Crippen LogP contribution in [0.25, 0.3) is 0 Å². The smallest absolute Gasteiger partial charge is 0.323 e. The zero-order valence-electron chi connectivity index (χ0n) is 12.6. The Kier molecular flexibility index (Phi) is 5.25. The molecule has 2 N–H and O–H groups in total. The molecule has 21 heavy (non-hydrogen) atoms. The predicted molar refractivity (Wildman–Crippen MR) is 81.5 cm³/mol. The Labute approximate surface area is 124 Å². The summed E-state index contributed by atoms with van der Waals surface area (Å²) in [5.41, 5.74) is 2.05. The highest BCUT2D eigenvalue weighted by molar-refractivity contribution is 5.36. The SMILES string of the molecule is CCNc1nc(NCc2ccc(C)nc2)nc(OCC)n1. The van der Waals surface area contributed by atoms with Gasteiger partial charge in [-0.2, -0.15) is 15.0 Å². The zero-order chi connectivity index (χ0) is 15.1. The maximum atomic E-state index is 5.35. The number of hydrogen-bond acceptors (Lipinski definition) is 7. The molecule has 0 amide bonds. The lowest BCUT2D eigenvalue weighted by Gasteiger charge is -2.09. The summed E-state index contributed by atoms with van der Waals surface area (Å²) in [5.74, 6) is 0.977. The van der Waals surface area contributed by atoms with Crippen molar-refractivity contribution in [3.05, 3.63) is 29.6 Å². The molecule has 0 fully saturated rings. The number of nitrogens with one attached hydrogen (secondary N) is 2. The van der Waals surface area contributed by atoms with Crippen LogP contribution in [0.1, 0.15) is 25.1 Å². The summed E-state index contributed by atoms with van der Waals surface area (Å²) in [6.45, 7) is 7.67. The van der Waals surface area contributed by atoms with E-state index in [1.54, 1.807) is 0 Å². The van der Waals surface area contributed by atoms with Gasteiger partial charge in [-0.25, -0.2) is 0 Å². The molecule has 7 heteroatoms. The summed E-state index contributed by atoms with van der Waals surface area (Å²) in [6.07, 6.45) is 1.83. The Morgan fingerprint density at radius 3 is 2.43 bits per heavy atom. The summed E-state index contributed by atoms with van der Waals surface area (Å²) in [5, 5.41) is 6.21. The molecular weight excluding hydrogens is 268 g/mol. The van der Waals surface area contributed by atoms with Crippen molar-refractivity contribution in [1.82, 2.24) is 19.9 Å². The van der Waals surface area contributed by atoms with Gasteiger partial charge in [0.2, 0.25) is 11.9 Å². The Morgan fingerprint density at radius 2 is 1.81 bits per heavy atom. The van der Waals surface area contributed by atoms with Gasteiger partial charge in [-0.05, 0) is 32.4 Å². The molecule has 0 aromatic carbocycles. The van der Waals surface area contributed by atoms with Crippen LogP contribution >= 0.6 is 0 Å². The number of ether oxygens (including phenoxy) is 1. The van der Waals surface area contributed by atoms with E-state index < -0.39 is 0 Å². The molecule has 2 aromatic rings. The van der Waals surface area contributed by atoms with E-state index in [0.29, 0.717) is 31.1 Å². The molecule has 0 saturated carbocycles. The third-order valence-corrected chi connectivity index (χ3v) is 2.65. The predicted octanol–water partition coefficient (Wildman–Crippen LogP) is 2.02. The third kappa shape index (κ3) is 4.55. The van der Waals surface area contributed by atoms with E-state index in [-0.39, 0.29) is 0 Å². The molecule has 0 aliphatic heterocycles. The lowest BCUT2D eigenvalue weighted by molar-refractivity contribution is 0.312. The van der Waals surface area contributed by atoms with Crippen LogP contribution in [0.4, 0.5) is 11.9 Å². The number of rotatable bonds is 7. The molecule has 0 aliphatic carbocycles. The Balaban J connectivity index is 2.08. The summed E-state index contributed by atoms with van der Waals surface area (Å²) in [4.78, 5) is 16.9. The molecule has 0 saturated heterocycles. The van der Waals surface area contributed by atoms with Gasteiger partial charge in [0.1, 0.15) is 0 Å². The largest absolute Gasteiger partial charge is 0.464 e. The fourth-order valence-electron chi connectivity index (χ4n) is 1.65. The summed E-state index contributed by atoms with van der Waals surface area (Å²) >= 11 is 0. The van der Waals surface area contributed by atoms with Crippen molar-refractivity contribution >= 4 is 11.9 Å². The van der Waals surface area contributed by atoms with Gasteiger partial charge in [0.15, 0.2) is 0 Å². The van der Waals surface area contributed by atoms with Gasteiger partial charge in [0.25, 0.3) is 0 Å². The normalized spacial score (nSPS) is 10.2. The second-order valence-corrected chi connectivity index (χ2v) is 4.39. The average Bonchev–Trinajstić information content (AvgIpc) is 2.47. The molecule has 112 valence electrons. The standard InChI is InChI=1S/C14H20N6O/c1-4-15-12-18-13(20-14(19-12)21-5-2)17-9-11-7-6-10(3)16-8-11/h6-8H,4-5,9H2,1-3H3,(H2,15,17,18,19,20). The first-order chi connectivity index (χ1) is 10.2. The van der Waals surface area contributed by atoms with Crippen LogP contribution in [-0.2, 0) is 6.54 Å². The number of pyridine rings is 1. The second kappa shape index (κ2) is 7.37. The first-order valence-corrected chi connectivity index (χ1v) is 6.99. The summed E-state index contributed by atoms with van der Waals surface area (Å²) in [6, 6.07) is 4.30. The molecule has 0 bridgehead atoms. The van der Waals surface area contributed by atoms with Crippen molar-refractivity contribution in [3.63, 3.8) is 0 Å². The maximum absolute atomic E-state index is 5.35. The Bertz CT molecular complexity index is 548. The lowest BCUT2D eigenvalue weighted by atomic mass is 10.2. The minimum atomic E-state index is 0.313. The highest BCUT2D eigenvalue weighted by atomic mass is 16.5. The minimum absolute atomic E-state index is 0.313. The van der Waals surface area contributed by atoms with E-state index >= 15 is 0 Å². The van der Waals surface area contributed by atoms with Crippen LogP contribution in [0, 0.1) is 6.92 Å². The number of aromatic nitrogens is 4. The Morgan fingerprint density at radius 1 is 1.05 bits per heavy atom. The zero-order valence-corrected chi connectivity index (χ0v) is 12.6. The monoisotopic (exact) mass is 288 g/mol. The molecule has 0 atom stereocenters. The van der Waals surface area contributed by atoms with E-state index in [1.807, 2.05) is 39.1 Å². The van der Waals surface area contributed by atoms with Crippen LogP contribution in [0.5, 0.6) is 6.01 Å². The molecule has 7 nitrogen and oxygen atoms in total. The number of anilines is 2. The minimum Gasteiger partial charge on any atom is -0.464 e. The van der Waals surface area contributed by atoms with E-state index in [0.717, 1.165) is 17.8 Å². The fraction of sp³-hybridized carbons (Fsp3) is 0.429. The molecule has 2 heterocycles. The maximum Gasteiger partial charge on any atom is 0.323 e. The molecule has 0 unspecified atom stereocenters. The number of hydrogen-bond donors (Lipinski definition) is 2. The van der Waals surface area contributed by atoms with Crippen molar-refractivity contribution in [1.29, 1.82) is 0 Å². The lowest BCUT2D eigenvalue weighted by Crippen LogP contribution is -2.10. The van der Waals surface area contributed by atoms with E-state index in [2.05, 4.69) is 30.6 Å². The van der Waals surface area contributed by atoms with E-state index in [1.165, 1.54) is 0 Å². The third-order valence-electron chi connectivity index (χ3n) is 2.65. The van der Waals surface area contributed by atoms with Gasteiger partial charge in [-0.15, -0.1) is 0 Å². The van der Waals surface area contributed by atoms with Crippen molar-refractivity contribution in [2.45, 2.75) is 27.3 Å². The molecule has 2 aromatic heterocycles. The highest BCUT2D eigenvalue weighted by Gasteiger charge is 2.06. The van der Waals surface area contributed by atoms with Crippen molar-refractivity contribution in [2.75, 3.05) is 23.8 Å². The molecular formula is C14H20N6O. The van der Waals surface area contributed by atoms with Crippen LogP contribution in [-0.4, -0.2) is 33.1 Å². The topological polar surface area (TPSA) is 84.9 Å².